The van der Waals surface area contributed by atoms with Crippen molar-refractivity contribution < 1.29 is 27.5 Å². The van der Waals surface area contributed by atoms with Crippen LogP contribution in [0.2, 0.25) is 5.02 Å². The van der Waals surface area contributed by atoms with Crippen LogP contribution in [0.15, 0.2) is 65.6 Å². The van der Waals surface area contributed by atoms with E-state index in [1.54, 1.807) is 43.3 Å². The van der Waals surface area contributed by atoms with Gasteiger partial charge in [0.25, 0.3) is 10.0 Å². The molecule has 1 N–H and O–H groups in total. The third-order valence-corrected chi connectivity index (χ3v) is 8.82. The van der Waals surface area contributed by atoms with Gasteiger partial charge in [-0.3, -0.25) is 13.9 Å². The number of rotatable bonds is 13. The highest BCUT2D eigenvalue weighted by Gasteiger charge is 2.33. The minimum atomic E-state index is -4.29. The standard InChI is InChI=1S/C32H40ClN3O6S/c1-21(2)18-34-32(38)24(5)35(19-25-9-8-10-26(33)16-25)31(37)20-36(27-14-22(3)13-23(4)15-27)43(39,40)28-11-12-29(41-6)30(17-28)42-7/h8-17,21,24H,18-20H2,1-7H3,(H,34,38)/t24-/m0/s1. The Balaban J connectivity index is 2.09. The van der Waals surface area contributed by atoms with Crippen LogP contribution in [0.25, 0.3) is 0 Å². The van der Waals surface area contributed by atoms with Crippen molar-refractivity contribution in [2.24, 2.45) is 5.92 Å². The molecular formula is C32H40ClN3O6S. The van der Waals surface area contributed by atoms with Gasteiger partial charge < -0.3 is 19.7 Å². The average molecular weight is 630 g/mol. The van der Waals surface area contributed by atoms with Crippen LogP contribution in [-0.2, 0) is 26.2 Å². The summed E-state index contributed by atoms with van der Waals surface area (Å²) in [6, 6.07) is 15.7. The molecule has 0 aliphatic carbocycles. The first-order valence-corrected chi connectivity index (χ1v) is 15.7. The number of methoxy groups -OCH3 is 2. The molecule has 43 heavy (non-hydrogen) atoms. The van der Waals surface area contributed by atoms with E-state index in [4.69, 9.17) is 21.1 Å². The Morgan fingerprint density at radius 3 is 2.14 bits per heavy atom. The number of nitrogens with one attached hydrogen (secondary N) is 1. The highest BCUT2D eigenvalue weighted by Crippen LogP contribution is 2.33. The minimum Gasteiger partial charge on any atom is -0.493 e. The lowest BCUT2D eigenvalue weighted by molar-refractivity contribution is -0.139. The fourth-order valence-corrected chi connectivity index (χ4v) is 6.22. The summed E-state index contributed by atoms with van der Waals surface area (Å²) >= 11 is 6.21. The molecular weight excluding hydrogens is 590 g/mol. The lowest BCUT2D eigenvalue weighted by Crippen LogP contribution is -2.51. The number of ether oxygens (including phenoxy) is 2. The molecule has 0 aromatic heterocycles. The van der Waals surface area contributed by atoms with E-state index in [0.29, 0.717) is 28.6 Å². The number of amides is 2. The lowest BCUT2D eigenvalue weighted by atomic mass is 10.1. The Morgan fingerprint density at radius 2 is 1.56 bits per heavy atom. The molecule has 9 nitrogen and oxygen atoms in total. The van der Waals surface area contributed by atoms with Crippen LogP contribution in [0, 0.1) is 19.8 Å². The molecule has 0 heterocycles. The molecule has 0 bridgehead atoms. The zero-order valence-electron chi connectivity index (χ0n) is 25.7. The molecule has 0 aliphatic heterocycles. The van der Waals surface area contributed by atoms with Gasteiger partial charge in [-0.15, -0.1) is 0 Å². The van der Waals surface area contributed by atoms with Gasteiger partial charge in [-0.2, -0.15) is 0 Å². The molecule has 232 valence electrons. The fourth-order valence-electron chi connectivity index (χ4n) is 4.59. The first-order valence-electron chi connectivity index (χ1n) is 13.9. The van der Waals surface area contributed by atoms with Gasteiger partial charge in [0, 0.05) is 24.2 Å². The van der Waals surface area contributed by atoms with Gasteiger partial charge in [0.15, 0.2) is 11.5 Å². The second-order valence-electron chi connectivity index (χ2n) is 10.8. The van der Waals surface area contributed by atoms with Crippen molar-refractivity contribution in [1.82, 2.24) is 10.2 Å². The number of anilines is 1. The summed E-state index contributed by atoms with van der Waals surface area (Å²) in [7, 11) is -1.42. The predicted octanol–water partition coefficient (Wildman–Crippen LogP) is 5.36. The summed E-state index contributed by atoms with van der Waals surface area (Å²) in [6.45, 7) is 9.21. The van der Waals surface area contributed by atoms with Crippen molar-refractivity contribution in [2.45, 2.75) is 52.1 Å². The highest BCUT2D eigenvalue weighted by atomic mass is 35.5. The summed E-state index contributed by atoms with van der Waals surface area (Å²) in [6.07, 6.45) is 0. The van der Waals surface area contributed by atoms with E-state index in [2.05, 4.69) is 5.32 Å². The molecule has 0 radical (unpaired) electrons. The molecule has 0 fully saturated rings. The highest BCUT2D eigenvalue weighted by molar-refractivity contribution is 7.92. The van der Waals surface area contributed by atoms with Gasteiger partial charge in [0.2, 0.25) is 11.8 Å². The predicted molar refractivity (Wildman–Crippen MR) is 169 cm³/mol. The van der Waals surface area contributed by atoms with Crippen molar-refractivity contribution >= 4 is 39.1 Å². The number of nitrogens with zero attached hydrogens (tertiary/aromatic N) is 2. The first-order chi connectivity index (χ1) is 20.3. The quantitative estimate of drug-likeness (QED) is 0.273. The zero-order chi connectivity index (χ0) is 31.9. The topological polar surface area (TPSA) is 105 Å². The average Bonchev–Trinajstić information content (AvgIpc) is 2.95. The molecule has 2 amide bonds. The summed E-state index contributed by atoms with van der Waals surface area (Å²) in [5, 5.41) is 3.36. The molecule has 3 rings (SSSR count). The zero-order valence-corrected chi connectivity index (χ0v) is 27.3. The molecule has 0 spiro atoms. The lowest BCUT2D eigenvalue weighted by Gasteiger charge is -2.32. The van der Waals surface area contributed by atoms with E-state index >= 15 is 0 Å². The van der Waals surface area contributed by atoms with E-state index in [9.17, 15) is 18.0 Å². The number of hydrogen-bond acceptors (Lipinski definition) is 6. The third-order valence-electron chi connectivity index (χ3n) is 6.81. The number of carbonyl (C=O) groups is 2. The third kappa shape index (κ3) is 8.64. The van der Waals surface area contributed by atoms with Crippen LogP contribution < -0.4 is 19.1 Å². The van der Waals surface area contributed by atoms with Crippen LogP contribution >= 0.6 is 11.6 Å². The molecule has 3 aromatic rings. The molecule has 0 unspecified atom stereocenters. The number of halogens is 1. The smallest absolute Gasteiger partial charge is 0.264 e. The van der Waals surface area contributed by atoms with Gasteiger partial charge in [-0.05, 0) is 79.8 Å². The summed E-state index contributed by atoms with van der Waals surface area (Å²) in [5.74, 6) is -0.0993. The van der Waals surface area contributed by atoms with E-state index in [1.165, 1.54) is 37.3 Å². The minimum absolute atomic E-state index is 0.0484. The van der Waals surface area contributed by atoms with Crippen LogP contribution in [0.1, 0.15) is 37.5 Å². The second-order valence-corrected chi connectivity index (χ2v) is 13.1. The monoisotopic (exact) mass is 629 g/mol. The Bertz CT molecular complexity index is 1540. The van der Waals surface area contributed by atoms with Gasteiger partial charge in [0.05, 0.1) is 24.8 Å². The van der Waals surface area contributed by atoms with Gasteiger partial charge in [-0.25, -0.2) is 8.42 Å². The second kappa shape index (κ2) is 14.6. The van der Waals surface area contributed by atoms with Crippen molar-refractivity contribution in [3.8, 4) is 11.5 Å². The SMILES string of the molecule is COc1ccc(S(=O)(=O)N(CC(=O)N(Cc2cccc(Cl)c2)[C@@H](C)C(=O)NCC(C)C)c2cc(C)cc(C)c2)cc1OC. The molecule has 0 saturated carbocycles. The van der Waals surface area contributed by atoms with Gasteiger partial charge >= 0.3 is 0 Å². The Hall–Kier alpha value is -3.76. The Kier molecular flexibility index (Phi) is 11.5. The van der Waals surface area contributed by atoms with Crippen molar-refractivity contribution in [2.75, 3.05) is 31.6 Å². The largest absolute Gasteiger partial charge is 0.493 e. The number of benzene rings is 3. The maximum Gasteiger partial charge on any atom is 0.264 e. The Labute approximate surface area is 259 Å². The summed E-state index contributed by atoms with van der Waals surface area (Å²) < 4.78 is 40.2. The maximum absolute atomic E-state index is 14.2. The van der Waals surface area contributed by atoms with Crippen molar-refractivity contribution in [3.05, 3.63) is 82.4 Å². The van der Waals surface area contributed by atoms with E-state index < -0.39 is 28.5 Å². The molecule has 0 aliphatic rings. The van der Waals surface area contributed by atoms with Crippen LogP contribution in [0.4, 0.5) is 5.69 Å². The number of hydrogen-bond donors (Lipinski definition) is 1. The first kappa shape index (κ1) is 33.7. The number of aryl methyl sites for hydroxylation is 2. The van der Waals surface area contributed by atoms with Crippen molar-refractivity contribution in [1.29, 1.82) is 0 Å². The molecule has 11 heteroatoms. The van der Waals surface area contributed by atoms with Crippen molar-refractivity contribution in [3.63, 3.8) is 0 Å². The molecule has 1 atom stereocenters. The van der Waals surface area contributed by atoms with E-state index in [1.807, 2.05) is 33.8 Å². The van der Waals surface area contributed by atoms with Gasteiger partial charge in [-0.1, -0.05) is 43.6 Å². The van der Waals surface area contributed by atoms with Gasteiger partial charge in [0.1, 0.15) is 12.6 Å². The number of carbonyl (C=O) groups excluding carboxylic acids is 2. The molecule has 3 aromatic carbocycles. The molecule has 0 saturated heterocycles. The van der Waals surface area contributed by atoms with Crippen LogP contribution in [0.5, 0.6) is 11.5 Å². The normalized spacial score (nSPS) is 12.0. The number of sulfonamides is 1. The fraction of sp³-hybridized carbons (Fsp3) is 0.375. The Morgan fingerprint density at radius 1 is 0.907 bits per heavy atom. The summed E-state index contributed by atoms with van der Waals surface area (Å²) in [5.41, 5.74) is 2.67. The van der Waals surface area contributed by atoms with Crippen LogP contribution in [-0.4, -0.2) is 58.5 Å². The van der Waals surface area contributed by atoms with E-state index in [0.717, 1.165) is 15.4 Å². The van der Waals surface area contributed by atoms with Crippen LogP contribution in [0.3, 0.4) is 0 Å². The van der Waals surface area contributed by atoms with E-state index in [-0.39, 0.29) is 29.0 Å². The maximum atomic E-state index is 14.2. The summed E-state index contributed by atoms with van der Waals surface area (Å²) in [4.78, 5) is 28.6.